The molecule has 0 bridgehead atoms. The first-order chi connectivity index (χ1) is 16.1. The minimum absolute atomic E-state index is 0.139. The molecule has 166 valence electrons. The van der Waals surface area contributed by atoms with E-state index in [1.807, 2.05) is 41.9 Å². The van der Waals surface area contributed by atoms with Gasteiger partial charge in [-0.25, -0.2) is 4.98 Å². The predicted molar refractivity (Wildman–Crippen MR) is 135 cm³/mol. The molecular weight excluding hydrogens is 430 g/mol. The molecule has 0 aliphatic rings. The molecule has 5 aromatic rings. The highest BCUT2D eigenvalue weighted by molar-refractivity contribution is 7.26. The third-order valence-corrected chi connectivity index (χ3v) is 6.77. The standard InChI is InChI=1S/C27H25N3O2S/c1-18(2)32-14-13-29-27(31)24-16-28-17-30(24)20-8-5-7-19(15-20)21-10-6-11-23-22-9-3-4-12-25(22)33-26(21)23/h3-12,15-18H,13-14H2,1-2H3,(H,29,31). The molecule has 2 aromatic heterocycles. The lowest BCUT2D eigenvalue weighted by Gasteiger charge is -2.12. The Morgan fingerprint density at radius 2 is 1.88 bits per heavy atom. The molecule has 0 spiro atoms. The van der Waals surface area contributed by atoms with Gasteiger partial charge in [0, 0.05) is 32.4 Å². The number of imidazole rings is 1. The van der Waals surface area contributed by atoms with Crippen molar-refractivity contribution in [2.45, 2.75) is 20.0 Å². The van der Waals surface area contributed by atoms with Gasteiger partial charge in [-0.15, -0.1) is 11.3 Å². The quantitative estimate of drug-likeness (QED) is 0.303. The number of nitrogens with one attached hydrogen (secondary N) is 1. The number of hydrogen-bond donors (Lipinski definition) is 1. The van der Waals surface area contributed by atoms with Gasteiger partial charge in [0.15, 0.2) is 0 Å². The number of carbonyl (C=O) groups excluding carboxylic acids is 1. The molecule has 0 fully saturated rings. The van der Waals surface area contributed by atoms with E-state index in [0.717, 1.165) is 11.3 Å². The number of rotatable bonds is 7. The SMILES string of the molecule is CC(C)OCCNC(=O)c1cncn1-c1cccc(-c2cccc3c2sc2ccccc23)c1. The molecule has 0 aliphatic carbocycles. The van der Waals surface area contributed by atoms with Gasteiger partial charge in [-0.05, 0) is 43.2 Å². The lowest BCUT2D eigenvalue weighted by atomic mass is 10.0. The van der Waals surface area contributed by atoms with Crippen LogP contribution >= 0.6 is 11.3 Å². The fourth-order valence-corrected chi connectivity index (χ4v) is 5.25. The molecule has 0 saturated heterocycles. The summed E-state index contributed by atoms with van der Waals surface area (Å²) >= 11 is 1.81. The largest absolute Gasteiger partial charge is 0.377 e. The number of carbonyl (C=O) groups is 1. The molecule has 5 rings (SSSR count). The van der Waals surface area contributed by atoms with Crippen molar-refractivity contribution in [3.05, 3.63) is 84.9 Å². The molecule has 1 amide bonds. The monoisotopic (exact) mass is 455 g/mol. The van der Waals surface area contributed by atoms with Crippen LogP contribution in [0.25, 0.3) is 37.0 Å². The predicted octanol–water partition coefficient (Wildman–Crippen LogP) is 6.06. The summed E-state index contributed by atoms with van der Waals surface area (Å²) in [5.41, 5.74) is 3.69. The Kier molecular flexibility index (Phi) is 5.94. The van der Waals surface area contributed by atoms with Crippen LogP contribution in [0.15, 0.2) is 79.3 Å². The lowest BCUT2D eigenvalue weighted by Crippen LogP contribution is -2.29. The van der Waals surface area contributed by atoms with E-state index in [1.54, 1.807) is 12.5 Å². The number of amides is 1. The van der Waals surface area contributed by atoms with E-state index in [2.05, 4.69) is 64.9 Å². The fourth-order valence-electron chi connectivity index (χ4n) is 4.02. The highest BCUT2D eigenvalue weighted by Gasteiger charge is 2.15. The molecule has 6 heteroatoms. The van der Waals surface area contributed by atoms with Crippen LogP contribution in [-0.4, -0.2) is 34.7 Å². The summed E-state index contributed by atoms with van der Waals surface area (Å²) in [6.07, 6.45) is 3.41. The van der Waals surface area contributed by atoms with Crippen molar-refractivity contribution in [2.24, 2.45) is 0 Å². The third kappa shape index (κ3) is 4.27. The van der Waals surface area contributed by atoms with E-state index in [1.165, 1.54) is 25.7 Å². The van der Waals surface area contributed by atoms with Crippen LogP contribution in [0.3, 0.4) is 0 Å². The van der Waals surface area contributed by atoms with Gasteiger partial charge in [-0.1, -0.05) is 48.5 Å². The Hall–Kier alpha value is -3.48. The third-order valence-electron chi connectivity index (χ3n) is 5.55. The number of aromatic nitrogens is 2. The minimum atomic E-state index is -0.170. The average Bonchev–Trinajstić information content (AvgIpc) is 3.47. The molecule has 0 unspecified atom stereocenters. The average molecular weight is 456 g/mol. The first-order valence-corrected chi connectivity index (χ1v) is 11.9. The van der Waals surface area contributed by atoms with E-state index >= 15 is 0 Å². The van der Waals surface area contributed by atoms with Gasteiger partial charge in [-0.3, -0.25) is 9.36 Å². The van der Waals surface area contributed by atoms with Crippen LogP contribution in [0, 0.1) is 0 Å². The number of fused-ring (bicyclic) bond motifs is 3. The molecule has 33 heavy (non-hydrogen) atoms. The van der Waals surface area contributed by atoms with Gasteiger partial charge in [0.05, 0.1) is 25.2 Å². The smallest absolute Gasteiger partial charge is 0.270 e. The molecule has 0 radical (unpaired) electrons. The normalized spacial score (nSPS) is 11.5. The Balaban J connectivity index is 1.47. The Morgan fingerprint density at radius 1 is 1.06 bits per heavy atom. The maximum atomic E-state index is 12.7. The van der Waals surface area contributed by atoms with E-state index in [-0.39, 0.29) is 12.0 Å². The number of ether oxygens (including phenoxy) is 1. The van der Waals surface area contributed by atoms with Gasteiger partial charge in [0.25, 0.3) is 5.91 Å². The van der Waals surface area contributed by atoms with Crippen LogP contribution in [-0.2, 0) is 4.74 Å². The van der Waals surface area contributed by atoms with Gasteiger partial charge in [0.1, 0.15) is 5.69 Å². The van der Waals surface area contributed by atoms with Crippen LogP contribution in [0.2, 0.25) is 0 Å². The maximum Gasteiger partial charge on any atom is 0.270 e. The van der Waals surface area contributed by atoms with E-state index in [9.17, 15) is 4.79 Å². The summed E-state index contributed by atoms with van der Waals surface area (Å²) < 4.78 is 9.89. The summed E-state index contributed by atoms with van der Waals surface area (Å²) in [7, 11) is 0. The van der Waals surface area contributed by atoms with Crippen molar-refractivity contribution in [1.82, 2.24) is 14.9 Å². The van der Waals surface area contributed by atoms with E-state index in [4.69, 9.17) is 4.74 Å². The molecule has 3 aromatic carbocycles. The van der Waals surface area contributed by atoms with Crippen molar-refractivity contribution < 1.29 is 9.53 Å². The summed E-state index contributed by atoms with van der Waals surface area (Å²) in [6, 6.07) is 23.2. The number of benzene rings is 3. The van der Waals surface area contributed by atoms with Gasteiger partial charge < -0.3 is 10.1 Å². The summed E-state index contributed by atoms with van der Waals surface area (Å²) in [6.45, 7) is 4.88. The second-order valence-corrected chi connectivity index (χ2v) is 9.21. The zero-order chi connectivity index (χ0) is 22.8. The van der Waals surface area contributed by atoms with Crippen LogP contribution in [0.4, 0.5) is 0 Å². The van der Waals surface area contributed by atoms with E-state index in [0.29, 0.717) is 18.8 Å². The van der Waals surface area contributed by atoms with Crippen LogP contribution < -0.4 is 5.32 Å². The van der Waals surface area contributed by atoms with Crippen molar-refractivity contribution in [2.75, 3.05) is 13.2 Å². The summed E-state index contributed by atoms with van der Waals surface area (Å²) in [5.74, 6) is -0.170. The number of nitrogens with zero attached hydrogens (tertiary/aromatic N) is 2. The Labute approximate surface area is 196 Å². The van der Waals surface area contributed by atoms with Crippen molar-refractivity contribution in [3.63, 3.8) is 0 Å². The fraction of sp³-hybridized carbons (Fsp3) is 0.185. The Morgan fingerprint density at radius 3 is 2.76 bits per heavy atom. The topological polar surface area (TPSA) is 56.1 Å². The highest BCUT2D eigenvalue weighted by atomic mass is 32.1. The second kappa shape index (κ2) is 9.17. The molecule has 0 aliphatic heterocycles. The van der Waals surface area contributed by atoms with Crippen molar-refractivity contribution >= 4 is 37.4 Å². The zero-order valence-corrected chi connectivity index (χ0v) is 19.4. The molecule has 0 atom stereocenters. The summed E-state index contributed by atoms with van der Waals surface area (Å²) in [4.78, 5) is 17.0. The number of thiophene rings is 1. The minimum Gasteiger partial charge on any atom is -0.377 e. The second-order valence-electron chi connectivity index (χ2n) is 8.16. The summed E-state index contributed by atoms with van der Waals surface area (Å²) in [5, 5.41) is 5.46. The van der Waals surface area contributed by atoms with Crippen LogP contribution in [0.1, 0.15) is 24.3 Å². The van der Waals surface area contributed by atoms with Gasteiger partial charge >= 0.3 is 0 Å². The van der Waals surface area contributed by atoms with E-state index < -0.39 is 0 Å². The highest BCUT2D eigenvalue weighted by Crippen LogP contribution is 2.40. The first kappa shape index (κ1) is 21.4. The van der Waals surface area contributed by atoms with Gasteiger partial charge in [-0.2, -0.15) is 0 Å². The molecular formula is C27H25N3O2S. The Bertz CT molecular complexity index is 1430. The molecule has 1 N–H and O–H groups in total. The zero-order valence-electron chi connectivity index (χ0n) is 18.6. The molecule has 5 nitrogen and oxygen atoms in total. The maximum absolute atomic E-state index is 12.7. The number of hydrogen-bond acceptors (Lipinski definition) is 4. The first-order valence-electron chi connectivity index (χ1n) is 11.0. The molecule has 2 heterocycles. The lowest BCUT2D eigenvalue weighted by molar-refractivity contribution is 0.0744. The van der Waals surface area contributed by atoms with Gasteiger partial charge in [0.2, 0.25) is 0 Å². The molecule has 0 saturated carbocycles. The van der Waals surface area contributed by atoms with Crippen LogP contribution in [0.5, 0.6) is 0 Å². The van der Waals surface area contributed by atoms with Crippen molar-refractivity contribution in [1.29, 1.82) is 0 Å². The van der Waals surface area contributed by atoms with Crippen molar-refractivity contribution in [3.8, 4) is 16.8 Å².